The Morgan fingerprint density at radius 3 is 1.63 bits per heavy atom. The lowest BCUT2D eigenvalue weighted by molar-refractivity contribution is 1.05. The molecule has 35 heavy (non-hydrogen) atoms. The van der Waals surface area contributed by atoms with E-state index in [9.17, 15) is 5.26 Å². The molecule has 0 aliphatic heterocycles. The topological polar surface area (TPSA) is 66.8 Å². The third-order valence-corrected chi connectivity index (χ3v) is 10.8. The molecule has 5 rings (SSSR count). The minimum absolute atomic E-state index is 0.0657. The summed E-state index contributed by atoms with van der Waals surface area (Å²) in [5.41, 5.74) is 0.742. The van der Waals surface area contributed by atoms with Crippen molar-refractivity contribution >= 4 is 34.8 Å². The number of nitrogens with zero attached hydrogens (tertiary/aromatic N) is 5. The van der Waals surface area contributed by atoms with E-state index in [1.165, 1.54) is 15.6 Å². The van der Waals surface area contributed by atoms with Gasteiger partial charge >= 0.3 is 5.95 Å². The smallest absolute Gasteiger partial charge is 0.376 e. The molecule has 0 atom stereocenters. The van der Waals surface area contributed by atoms with Gasteiger partial charge in [0.2, 0.25) is 5.82 Å². The first-order chi connectivity index (χ1) is 17.3. The highest BCUT2D eigenvalue weighted by molar-refractivity contribution is 7.19. The number of aromatic nitrogens is 3. The number of rotatable bonds is 5. The van der Waals surface area contributed by atoms with E-state index in [1.54, 1.807) is 0 Å². The second-order valence-corrected chi connectivity index (χ2v) is 11.7. The maximum atomic E-state index is 9.36. The van der Waals surface area contributed by atoms with Gasteiger partial charge in [-0.05, 0) is 32.9 Å². The number of nitriles is 1. The molecule has 0 aliphatic carbocycles. The molecule has 0 unspecified atom stereocenters. The van der Waals surface area contributed by atoms with Gasteiger partial charge in [0.15, 0.2) is 14.1 Å². The highest BCUT2D eigenvalue weighted by Gasteiger charge is 2.41. The maximum absolute atomic E-state index is 9.36. The van der Waals surface area contributed by atoms with Crippen LogP contribution in [0, 0.1) is 17.9 Å². The Kier molecular flexibility index (Phi) is 5.96. The zero-order valence-electron chi connectivity index (χ0n) is 18.7. The van der Waals surface area contributed by atoms with Gasteiger partial charge in [0, 0.05) is 5.56 Å². The van der Waals surface area contributed by atoms with Crippen LogP contribution in [0.3, 0.4) is 0 Å². The standard InChI is InChI=1S/C29H19N5Si/c1-31-29-33-27(21-30)32-28(34-29)22-12-11-19-26(20-22)35(23-13-5-2-6-14-23,24-15-7-3-8-16-24)25-17-9-4-10-18-25/h2-20H. The van der Waals surface area contributed by atoms with E-state index in [4.69, 9.17) is 6.57 Å². The summed E-state index contributed by atoms with van der Waals surface area (Å²) < 4.78 is 0. The molecular weight excluding hydrogens is 446 g/mol. The van der Waals surface area contributed by atoms with Crippen molar-refractivity contribution in [3.8, 4) is 17.5 Å². The molecule has 0 radical (unpaired) electrons. The number of hydrogen-bond donors (Lipinski definition) is 0. The molecule has 4 aromatic carbocycles. The fraction of sp³-hybridized carbons (Fsp3) is 0. The molecule has 0 fully saturated rings. The van der Waals surface area contributed by atoms with Crippen molar-refractivity contribution in [3.05, 3.63) is 133 Å². The zero-order chi connectivity index (χ0) is 24.1. The van der Waals surface area contributed by atoms with Gasteiger partial charge in [-0.2, -0.15) is 10.2 Å². The average Bonchev–Trinajstić information content (AvgIpc) is 2.95. The molecule has 1 heterocycles. The molecule has 0 N–H and O–H groups in total. The summed E-state index contributed by atoms with van der Waals surface area (Å²) in [4.78, 5) is 15.8. The fourth-order valence-corrected chi connectivity index (χ4v) is 9.35. The van der Waals surface area contributed by atoms with E-state index in [-0.39, 0.29) is 11.8 Å². The van der Waals surface area contributed by atoms with Gasteiger partial charge in [-0.1, -0.05) is 103 Å². The van der Waals surface area contributed by atoms with Gasteiger partial charge in [0.05, 0.1) is 0 Å². The Bertz CT molecular complexity index is 1430. The van der Waals surface area contributed by atoms with Gasteiger partial charge in [0.1, 0.15) is 0 Å². The van der Waals surface area contributed by atoms with Crippen molar-refractivity contribution in [1.29, 1.82) is 5.26 Å². The summed E-state index contributed by atoms with van der Waals surface area (Å²) in [6.07, 6.45) is 0. The Morgan fingerprint density at radius 2 is 1.14 bits per heavy atom. The number of benzene rings is 4. The first-order valence-electron chi connectivity index (χ1n) is 11.1. The molecule has 1 aromatic heterocycles. The van der Waals surface area contributed by atoms with Crippen molar-refractivity contribution in [2.75, 3.05) is 0 Å². The van der Waals surface area contributed by atoms with Gasteiger partial charge in [0.25, 0.3) is 5.82 Å². The van der Waals surface area contributed by atoms with Crippen LogP contribution < -0.4 is 20.7 Å². The SMILES string of the molecule is [C-]#[N+]c1nc(C#N)nc(-c2cccc([Si](c3ccccc3)(c3ccccc3)c3ccccc3)c2)n1. The largest absolute Gasteiger partial charge is 0.394 e. The minimum atomic E-state index is -2.70. The summed E-state index contributed by atoms with van der Waals surface area (Å²) in [5, 5.41) is 14.3. The van der Waals surface area contributed by atoms with Crippen molar-refractivity contribution in [2.24, 2.45) is 0 Å². The molecule has 0 bridgehead atoms. The van der Waals surface area contributed by atoms with Crippen LogP contribution in [0.5, 0.6) is 0 Å². The molecule has 0 spiro atoms. The highest BCUT2D eigenvalue weighted by Crippen LogP contribution is 2.18. The highest BCUT2D eigenvalue weighted by atomic mass is 28.3. The lowest BCUT2D eigenvalue weighted by Gasteiger charge is -2.34. The quantitative estimate of drug-likeness (QED) is 0.227. The first kappa shape index (κ1) is 21.9. The van der Waals surface area contributed by atoms with Crippen LogP contribution in [0.15, 0.2) is 115 Å². The van der Waals surface area contributed by atoms with Gasteiger partial charge in [-0.25, -0.2) is 0 Å². The summed E-state index contributed by atoms with van der Waals surface area (Å²) in [7, 11) is -2.70. The first-order valence-corrected chi connectivity index (χ1v) is 13.1. The molecule has 5 nitrogen and oxygen atoms in total. The molecule has 0 amide bonds. The van der Waals surface area contributed by atoms with Gasteiger partial charge < -0.3 is 4.85 Å². The summed E-state index contributed by atoms with van der Waals surface area (Å²) in [5.74, 6) is 0.167. The maximum Gasteiger partial charge on any atom is 0.376 e. The van der Waals surface area contributed by atoms with E-state index in [1.807, 2.05) is 36.4 Å². The normalized spacial score (nSPS) is 10.8. The van der Waals surface area contributed by atoms with Crippen LogP contribution in [-0.2, 0) is 0 Å². The second kappa shape index (κ2) is 9.52. The summed E-state index contributed by atoms with van der Waals surface area (Å²) >= 11 is 0. The van der Waals surface area contributed by atoms with E-state index in [0.29, 0.717) is 5.82 Å². The third-order valence-electron chi connectivity index (χ3n) is 6.00. The van der Waals surface area contributed by atoms with E-state index in [0.717, 1.165) is 10.8 Å². The van der Waals surface area contributed by atoms with Crippen molar-refractivity contribution in [1.82, 2.24) is 15.0 Å². The van der Waals surface area contributed by atoms with Crippen molar-refractivity contribution in [3.63, 3.8) is 0 Å². The molecule has 0 saturated heterocycles. The Labute approximate surface area is 204 Å². The fourth-order valence-electron chi connectivity index (χ4n) is 4.55. The van der Waals surface area contributed by atoms with Crippen molar-refractivity contribution < 1.29 is 0 Å². The summed E-state index contributed by atoms with van der Waals surface area (Å²) in [6.45, 7) is 7.32. The molecular formula is C29H19N5Si. The second-order valence-electron chi connectivity index (χ2n) is 7.94. The predicted molar refractivity (Wildman–Crippen MR) is 140 cm³/mol. The summed E-state index contributed by atoms with van der Waals surface area (Å²) in [6, 6.07) is 41.9. The average molecular weight is 466 g/mol. The third kappa shape index (κ3) is 4.00. The van der Waals surface area contributed by atoms with Crippen molar-refractivity contribution in [2.45, 2.75) is 0 Å². The van der Waals surface area contributed by atoms with Crippen LogP contribution in [0.25, 0.3) is 16.2 Å². The van der Waals surface area contributed by atoms with E-state index >= 15 is 0 Å². The van der Waals surface area contributed by atoms with Crippen LogP contribution in [-0.4, -0.2) is 23.0 Å². The Hall–Kier alpha value is -4.91. The van der Waals surface area contributed by atoms with Crippen LogP contribution in [0.1, 0.15) is 5.82 Å². The van der Waals surface area contributed by atoms with Crippen LogP contribution in [0.4, 0.5) is 5.95 Å². The molecule has 0 saturated carbocycles. The lowest BCUT2D eigenvalue weighted by Crippen LogP contribution is -2.74. The predicted octanol–water partition coefficient (Wildman–Crippen LogP) is 3.34. The molecule has 6 heteroatoms. The lowest BCUT2D eigenvalue weighted by atomic mass is 10.2. The van der Waals surface area contributed by atoms with E-state index in [2.05, 4.69) is 105 Å². The van der Waals surface area contributed by atoms with Gasteiger partial charge in [-0.15, -0.1) is 16.5 Å². The van der Waals surface area contributed by atoms with Crippen LogP contribution >= 0.6 is 0 Å². The zero-order valence-corrected chi connectivity index (χ0v) is 19.7. The Morgan fingerprint density at radius 1 is 0.629 bits per heavy atom. The van der Waals surface area contributed by atoms with E-state index < -0.39 is 8.07 Å². The van der Waals surface area contributed by atoms with Crippen LogP contribution in [0.2, 0.25) is 0 Å². The minimum Gasteiger partial charge on any atom is -0.394 e. The Balaban J connectivity index is 1.84. The molecule has 5 aromatic rings. The monoisotopic (exact) mass is 465 g/mol. The molecule has 164 valence electrons. The number of hydrogen-bond acceptors (Lipinski definition) is 4. The van der Waals surface area contributed by atoms with Gasteiger partial charge in [-0.3, -0.25) is 0 Å². The molecule has 0 aliphatic rings.